The number of benzene rings is 1. The van der Waals surface area contributed by atoms with Crippen LogP contribution in [0.2, 0.25) is 0 Å². The topological polar surface area (TPSA) is 28.0 Å². The van der Waals surface area contributed by atoms with Crippen LogP contribution in [0.1, 0.15) is 18.4 Å². The highest BCUT2D eigenvalue weighted by Crippen LogP contribution is 2.60. The molecular weight excluding hydrogens is 246 g/mol. The number of fused-ring (bicyclic) bond motifs is 8. The van der Waals surface area contributed by atoms with Crippen LogP contribution < -0.4 is 0 Å². The van der Waals surface area contributed by atoms with Crippen LogP contribution in [0.25, 0.3) is 0 Å². The molecule has 0 N–H and O–H groups in total. The van der Waals surface area contributed by atoms with Crippen LogP contribution in [0.15, 0.2) is 52.8 Å². The molecule has 0 aromatic heterocycles. The monoisotopic (exact) mass is 265 g/mol. The number of nitrogens with zero attached hydrogens (tertiary/aromatic N) is 3. The number of rotatable bonds is 2. The minimum Gasteiger partial charge on any atom is -0.269 e. The van der Waals surface area contributed by atoms with Gasteiger partial charge in [0.15, 0.2) is 0 Å². The second kappa shape index (κ2) is 3.94. The van der Waals surface area contributed by atoms with Gasteiger partial charge >= 0.3 is 0 Å². The molecule has 0 spiro atoms. The smallest absolute Gasteiger partial charge is 0.0983 e. The quantitative estimate of drug-likeness (QED) is 0.753. The normalized spacial score (nSPS) is 43.3. The summed E-state index contributed by atoms with van der Waals surface area (Å²) in [5.41, 5.74) is 1.34. The first-order valence-electron chi connectivity index (χ1n) is 7.80. The molecule has 0 amide bonds. The summed E-state index contributed by atoms with van der Waals surface area (Å²) in [4.78, 5) is 0. The van der Waals surface area contributed by atoms with Crippen molar-refractivity contribution in [3.63, 3.8) is 0 Å². The Morgan fingerprint density at radius 3 is 2.90 bits per heavy atom. The first kappa shape index (κ1) is 11.1. The molecule has 3 aliphatic carbocycles. The Hall–Kier alpha value is -1.64. The summed E-state index contributed by atoms with van der Waals surface area (Å²) in [6.07, 6.45) is 7.53. The lowest BCUT2D eigenvalue weighted by Crippen LogP contribution is -2.44. The Labute approximate surface area is 119 Å². The minimum atomic E-state index is 0.477. The van der Waals surface area contributed by atoms with E-state index in [1.165, 1.54) is 18.4 Å². The molecule has 2 saturated carbocycles. The summed E-state index contributed by atoms with van der Waals surface area (Å²) >= 11 is 0. The molecule has 0 unspecified atom stereocenters. The van der Waals surface area contributed by atoms with E-state index in [1.807, 2.05) is 0 Å². The number of hydrogen-bond donors (Lipinski definition) is 0. The largest absolute Gasteiger partial charge is 0.269 e. The maximum Gasteiger partial charge on any atom is 0.0983 e. The SMILES string of the molecule is C1=C[C@H]2[C@@H](C1)[C@@H]1C[C@@H]2[C@@H]2[C@@H]1N=NN2Cc1ccccc1. The van der Waals surface area contributed by atoms with E-state index in [1.54, 1.807) is 0 Å². The second-order valence-corrected chi connectivity index (χ2v) is 6.74. The van der Waals surface area contributed by atoms with E-state index in [9.17, 15) is 0 Å². The van der Waals surface area contributed by atoms with Gasteiger partial charge in [-0.2, -0.15) is 5.11 Å². The van der Waals surface area contributed by atoms with Crippen LogP contribution in [0, 0.1) is 23.7 Å². The summed E-state index contributed by atoms with van der Waals surface area (Å²) in [5, 5.41) is 11.4. The molecule has 20 heavy (non-hydrogen) atoms. The third kappa shape index (κ3) is 1.36. The minimum absolute atomic E-state index is 0.477. The van der Waals surface area contributed by atoms with Crippen molar-refractivity contribution in [1.82, 2.24) is 5.01 Å². The van der Waals surface area contributed by atoms with Gasteiger partial charge in [-0.25, -0.2) is 0 Å². The fourth-order valence-corrected chi connectivity index (χ4v) is 5.17. The van der Waals surface area contributed by atoms with Crippen molar-refractivity contribution in [3.05, 3.63) is 48.0 Å². The fourth-order valence-electron chi connectivity index (χ4n) is 5.17. The second-order valence-electron chi connectivity index (χ2n) is 6.74. The van der Waals surface area contributed by atoms with Gasteiger partial charge < -0.3 is 0 Å². The molecule has 0 radical (unpaired) electrons. The molecule has 3 nitrogen and oxygen atoms in total. The van der Waals surface area contributed by atoms with Crippen molar-refractivity contribution in [2.24, 2.45) is 34.0 Å². The lowest BCUT2D eigenvalue weighted by molar-refractivity contribution is 0.119. The first-order valence-corrected chi connectivity index (χ1v) is 7.80. The molecule has 1 aliphatic heterocycles. The van der Waals surface area contributed by atoms with Crippen molar-refractivity contribution in [2.75, 3.05) is 0 Å². The molecule has 0 saturated heterocycles. The summed E-state index contributed by atoms with van der Waals surface area (Å²) < 4.78 is 0. The molecule has 5 rings (SSSR count). The molecule has 1 aromatic carbocycles. The van der Waals surface area contributed by atoms with Crippen molar-refractivity contribution in [2.45, 2.75) is 31.5 Å². The zero-order valence-electron chi connectivity index (χ0n) is 11.5. The van der Waals surface area contributed by atoms with Gasteiger partial charge in [0.05, 0.1) is 18.6 Å². The highest BCUT2D eigenvalue weighted by molar-refractivity contribution is 5.22. The summed E-state index contributed by atoms with van der Waals surface area (Å²) in [5.74, 6) is 3.25. The van der Waals surface area contributed by atoms with Crippen LogP contribution in [0.3, 0.4) is 0 Å². The van der Waals surface area contributed by atoms with Gasteiger partial charge in [-0.15, -0.1) is 0 Å². The Kier molecular flexibility index (Phi) is 2.18. The van der Waals surface area contributed by atoms with Gasteiger partial charge in [0.25, 0.3) is 0 Å². The van der Waals surface area contributed by atoms with E-state index in [0.29, 0.717) is 12.1 Å². The molecule has 2 bridgehead atoms. The van der Waals surface area contributed by atoms with Crippen LogP contribution in [0.5, 0.6) is 0 Å². The van der Waals surface area contributed by atoms with E-state index < -0.39 is 0 Å². The average Bonchev–Trinajstić information content (AvgIpc) is 3.18. The van der Waals surface area contributed by atoms with E-state index >= 15 is 0 Å². The van der Waals surface area contributed by atoms with Crippen LogP contribution in [-0.2, 0) is 6.54 Å². The lowest BCUT2D eigenvalue weighted by atomic mass is 9.76. The van der Waals surface area contributed by atoms with E-state index in [-0.39, 0.29) is 0 Å². The zero-order chi connectivity index (χ0) is 13.1. The number of hydrogen-bond acceptors (Lipinski definition) is 3. The van der Waals surface area contributed by atoms with E-state index in [4.69, 9.17) is 0 Å². The zero-order valence-corrected chi connectivity index (χ0v) is 11.5. The van der Waals surface area contributed by atoms with Crippen LogP contribution in [-0.4, -0.2) is 17.1 Å². The summed E-state index contributed by atoms with van der Waals surface area (Å²) in [6.45, 7) is 0.913. The van der Waals surface area contributed by atoms with E-state index in [0.717, 1.165) is 30.2 Å². The Morgan fingerprint density at radius 1 is 1.10 bits per heavy atom. The van der Waals surface area contributed by atoms with Crippen molar-refractivity contribution in [3.8, 4) is 0 Å². The van der Waals surface area contributed by atoms with Gasteiger partial charge in [-0.1, -0.05) is 47.7 Å². The molecule has 1 aromatic rings. The molecule has 4 aliphatic rings. The average molecular weight is 265 g/mol. The van der Waals surface area contributed by atoms with E-state index in [2.05, 4.69) is 57.8 Å². The fraction of sp³-hybridized carbons (Fsp3) is 0.529. The maximum absolute atomic E-state index is 4.64. The third-order valence-electron chi connectivity index (χ3n) is 5.91. The molecule has 6 atom stereocenters. The standard InChI is InChI=1S/C17H19N3/c1-2-5-11(6-3-1)10-20-17-15-9-14(16(17)18-19-20)12-7-4-8-13(12)15/h1-6,8,12-17H,7,9-10H2/t12-,13+,14+,15+,16-,17-/m1/s1. The van der Waals surface area contributed by atoms with Gasteiger partial charge in [-0.3, -0.25) is 5.01 Å². The first-order chi connectivity index (χ1) is 9.92. The molecule has 102 valence electrons. The van der Waals surface area contributed by atoms with Crippen LogP contribution in [0.4, 0.5) is 0 Å². The Bertz CT molecular complexity index is 579. The molecule has 1 heterocycles. The summed E-state index contributed by atoms with van der Waals surface area (Å²) in [6, 6.07) is 11.7. The molecule has 3 heteroatoms. The van der Waals surface area contributed by atoms with Gasteiger partial charge in [-0.05, 0) is 42.1 Å². The third-order valence-corrected chi connectivity index (χ3v) is 5.91. The predicted octanol–water partition coefficient (Wildman–Crippen LogP) is 3.45. The van der Waals surface area contributed by atoms with Gasteiger partial charge in [0.1, 0.15) is 0 Å². The Balaban J connectivity index is 1.42. The number of allylic oxidation sites excluding steroid dienone is 2. The molecular formula is C17H19N3. The van der Waals surface area contributed by atoms with Crippen molar-refractivity contribution >= 4 is 0 Å². The van der Waals surface area contributed by atoms with Gasteiger partial charge in [0, 0.05) is 0 Å². The van der Waals surface area contributed by atoms with Crippen molar-refractivity contribution < 1.29 is 0 Å². The summed E-state index contributed by atoms with van der Waals surface area (Å²) in [7, 11) is 0. The Morgan fingerprint density at radius 2 is 2.00 bits per heavy atom. The maximum atomic E-state index is 4.64. The molecule has 2 fully saturated rings. The highest BCUT2D eigenvalue weighted by Gasteiger charge is 2.61. The predicted molar refractivity (Wildman–Crippen MR) is 76.8 cm³/mol. The van der Waals surface area contributed by atoms with Crippen LogP contribution >= 0.6 is 0 Å². The van der Waals surface area contributed by atoms with Crippen molar-refractivity contribution in [1.29, 1.82) is 0 Å². The lowest BCUT2D eigenvalue weighted by Gasteiger charge is -2.35. The van der Waals surface area contributed by atoms with Gasteiger partial charge in [0.2, 0.25) is 0 Å². The highest BCUT2D eigenvalue weighted by atomic mass is 15.6.